The molecule has 1 aliphatic heterocycles. The summed E-state index contributed by atoms with van der Waals surface area (Å²) in [4.78, 5) is 26.3. The molecule has 0 bridgehead atoms. The summed E-state index contributed by atoms with van der Waals surface area (Å²) in [6, 6.07) is 7.64. The maximum absolute atomic E-state index is 12.9. The quantitative estimate of drug-likeness (QED) is 0.846. The summed E-state index contributed by atoms with van der Waals surface area (Å²) in [5.41, 5.74) is 1.51. The smallest absolute Gasteiger partial charge is 0.325 e. The maximum atomic E-state index is 12.9. The first-order chi connectivity index (χ1) is 11.1. The summed E-state index contributed by atoms with van der Waals surface area (Å²) in [7, 11) is 0. The van der Waals surface area contributed by atoms with E-state index < -0.39 is 11.6 Å². The molecule has 1 fully saturated rings. The van der Waals surface area contributed by atoms with Gasteiger partial charge >= 0.3 is 6.03 Å². The summed E-state index contributed by atoms with van der Waals surface area (Å²) >= 11 is 0. The Hall–Kier alpha value is -2.70. The number of fused-ring (bicyclic) bond motifs is 1. The second-order valence-electron chi connectivity index (χ2n) is 6.06. The Bertz CT molecular complexity index is 800. The van der Waals surface area contributed by atoms with Crippen LogP contribution < -0.4 is 5.32 Å². The number of aryl methyl sites for hydroxylation is 2. The number of carbonyl (C=O) groups is 2. The van der Waals surface area contributed by atoms with Gasteiger partial charge < -0.3 is 9.73 Å². The molecule has 2 heterocycles. The Morgan fingerprint density at radius 1 is 1.26 bits per heavy atom. The van der Waals surface area contributed by atoms with Crippen molar-refractivity contribution in [2.24, 2.45) is 0 Å². The zero-order valence-electron chi connectivity index (χ0n) is 12.7. The van der Waals surface area contributed by atoms with Crippen molar-refractivity contribution in [2.45, 2.75) is 38.3 Å². The molecule has 118 valence electrons. The molecule has 1 N–H and O–H groups in total. The number of imide groups is 1. The van der Waals surface area contributed by atoms with Crippen LogP contribution in [0, 0.1) is 6.92 Å². The lowest BCUT2D eigenvalue weighted by Crippen LogP contribution is -2.51. The van der Waals surface area contributed by atoms with Gasteiger partial charge in [0.25, 0.3) is 5.91 Å². The Morgan fingerprint density at radius 2 is 2.04 bits per heavy atom. The molecule has 1 spiro atoms. The van der Waals surface area contributed by atoms with E-state index in [4.69, 9.17) is 4.42 Å². The first-order valence-electron chi connectivity index (χ1n) is 7.57. The summed E-state index contributed by atoms with van der Waals surface area (Å²) in [5, 5.41) is 10.5. The number of hydrogen-bond donors (Lipinski definition) is 1. The molecule has 4 rings (SSSR count). The van der Waals surface area contributed by atoms with Gasteiger partial charge in [0.05, 0.1) is 0 Å². The van der Waals surface area contributed by atoms with Crippen molar-refractivity contribution in [3.63, 3.8) is 0 Å². The largest absolute Gasteiger partial charge is 0.424 e. The van der Waals surface area contributed by atoms with Crippen LogP contribution in [-0.2, 0) is 24.2 Å². The molecule has 1 aliphatic carbocycles. The van der Waals surface area contributed by atoms with Crippen molar-refractivity contribution in [2.75, 3.05) is 0 Å². The van der Waals surface area contributed by atoms with Gasteiger partial charge in [-0.2, -0.15) is 0 Å². The predicted octanol–water partition coefficient (Wildman–Crippen LogP) is 1.36. The normalized spacial score (nSPS) is 23.3. The number of rotatable bonds is 2. The highest BCUT2D eigenvalue weighted by Gasteiger charge is 2.52. The third-order valence-corrected chi connectivity index (χ3v) is 4.54. The van der Waals surface area contributed by atoms with Gasteiger partial charge in [-0.25, -0.2) is 4.79 Å². The number of amides is 3. The Morgan fingerprint density at radius 3 is 2.78 bits per heavy atom. The number of urea groups is 1. The van der Waals surface area contributed by atoms with Crippen LogP contribution in [0.2, 0.25) is 0 Å². The number of hydrogen-bond acceptors (Lipinski definition) is 5. The van der Waals surface area contributed by atoms with E-state index in [9.17, 15) is 9.59 Å². The van der Waals surface area contributed by atoms with Crippen molar-refractivity contribution >= 4 is 11.9 Å². The van der Waals surface area contributed by atoms with Crippen molar-refractivity contribution in [3.8, 4) is 0 Å². The van der Waals surface area contributed by atoms with Crippen LogP contribution in [0.5, 0.6) is 0 Å². The molecule has 0 radical (unpaired) electrons. The fraction of sp³-hybridized carbons (Fsp3) is 0.375. The minimum atomic E-state index is -0.847. The molecule has 1 saturated heterocycles. The van der Waals surface area contributed by atoms with Gasteiger partial charge in [0.15, 0.2) is 0 Å². The van der Waals surface area contributed by atoms with E-state index in [1.165, 1.54) is 10.5 Å². The van der Waals surface area contributed by atoms with E-state index in [1.807, 2.05) is 18.2 Å². The molecule has 1 aromatic heterocycles. The molecule has 1 aromatic carbocycles. The Balaban J connectivity index is 1.60. The third kappa shape index (κ3) is 2.19. The summed E-state index contributed by atoms with van der Waals surface area (Å²) in [6.07, 6.45) is 1.90. The minimum absolute atomic E-state index is 0.00883. The van der Waals surface area contributed by atoms with Crippen LogP contribution >= 0.6 is 0 Å². The molecule has 3 amide bonds. The lowest BCUT2D eigenvalue weighted by atomic mass is 9.78. The van der Waals surface area contributed by atoms with Crippen molar-refractivity contribution < 1.29 is 14.0 Å². The zero-order chi connectivity index (χ0) is 16.0. The van der Waals surface area contributed by atoms with Crippen molar-refractivity contribution in [1.82, 2.24) is 20.4 Å². The van der Waals surface area contributed by atoms with Crippen LogP contribution in [0.3, 0.4) is 0 Å². The van der Waals surface area contributed by atoms with Gasteiger partial charge in [-0.15, -0.1) is 10.2 Å². The fourth-order valence-corrected chi connectivity index (χ4v) is 3.38. The second kappa shape index (κ2) is 4.91. The van der Waals surface area contributed by atoms with Gasteiger partial charge in [-0.05, 0) is 24.0 Å². The highest BCUT2D eigenvalue weighted by atomic mass is 16.4. The molecule has 7 heteroatoms. The van der Waals surface area contributed by atoms with E-state index in [0.717, 1.165) is 12.0 Å². The van der Waals surface area contributed by atoms with E-state index in [-0.39, 0.29) is 18.3 Å². The summed E-state index contributed by atoms with van der Waals surface area (Å²) in [6.45, 7) is 1.68. The Kier molecular flexibility index (Phi) is 2.97. The minimum Gasteiger partial charge on any atom is -0.424 e. The average Bonchev–Trinajstić information content (AvgIpc) is 3.05. The van der Waals surface area contributed by atoms with Crippen molar-refractivity contribution in [3.05, 3.63) is 47.2 Å². The lowest BCUT2D eigenvalue weighted by Gasteiger charge is -2.32. The number of aromatic nitrogens is 2. The van der Waals surface area contributed by atoms with E-state index in [0.29, 0.717) is 18.7 Å². The first kappa shape index (κ1) is 13.9. The molecule has 1 atom stereocenters. The number of carbonyl (C=O) groups excluding carboxylic acids is 2. The van der Waals surface area contributed by atoms with Crippen LogP contribution in [0.1, 0.15) is 29.3 Å². The van der Waals surface area contributed by atoms with Crippen LogP contribution in [-0.4, -0.2) is 32.6 Å². The molecular weight excluding hydrogens is 296 g/mol. The second-order valence-corrected chi connectivity index (χ2v) is 6.06. The van der Waals surface area contributed by atoms with Crippen LogP contribution in [0.15, 0.2) is 28.7 Å². The maximum Gasteiger partial charge on any atom is 0.325 e. The van der Waals surface area contributed by atoms with Crippen molar-refractivity contribution in [1.29, 1.82) is 0 Å². The molecule has 2 aromatic rings. The molecule has 2 aliphatic rings. The van der Waals surface area contributed by atoms with Gasteiger partial charge in [0.1, 0.15) is 12.1 Å². The lowest BCUT2D eigenvalue weighted by molar-refractivity contribution is -0.132. The predicted molar refractivity (Wildman–Crippen MR) is 79.3 cm³/mol. The van der Waals surface area contributed by atoms with Gasteiger partial charge in [0, 0.05) is 13.3 Å². The molecule has 1 unspecified atom stereocenters. The first-order valence-corrected chi connectivity index (χ1v) is 7.57. The molecular formula is C16H16N4O3. The Labute approximate surface area is 132 Å². The van der Waals surface area contributed by atoms with Gasteiger partial charge in [0.2, 0.25) is 11.8 Å². The highest BCUT2D eigenvalue weighted by molar-refractivity contribution is 6.07. The average molecular weight is 312 g/mol. The highest BCUT2D eigenvalue weighted by Crippen LogP contribution is 2.34. The monoisotopic (exact) mass is 312 g/mol. The van der Waals surface area contributed by atoms with Crippen LogP contribution in [0.4, 0.5) is 4.79 Å². The van der Waals surface area contributed by atoms with Crippen LogP contribution in [0.25, 0.3) is 0 Å². The van der Waals surface area contributed by atoms with E-state index in [2.05, 4.69) is 21.6 Å². The zero-order valence-corrected chi connectivity index (χ0v) is 12.7. The molecule has 0 saturated carbocycles. The third-order valence-electron chi connectivity index (χ3n) is 4.54. The summed E-state index contributed by atoms with van der Waals surface area (Å²) < 4.78 is 5.28. The van der Waals surface area contributed by atoms with Gasteiger partial charge in [-0.3, -0.25) is 9.69 Å². The molecule has 7 nitrogen and oxygen atoms in total. The van der Waals surface area contributed by atoms with E-state index in [1.54, 1.807) is 6.92 Å². The molecule has 23 heavy (non-hydrogen) atoms. The topological polar surface area (TPSA) is 88.3 Å². The van der Waals surface area contributed by atoms with Gasteiger partial charge in [-0.1, -0.05) is 24.3 Å². The fourth-order valence-electron chi connectivity index (χ4n) is 3.38. The van der Waals surface area contributed by atoms with E-state index >= 15 is 0 Å². The number of benzene rings is 1. The standard InChI is InChI=1S/C16H16N4O3/c1-10-18-19-13(23-10)9-20-14(21)16(17-15(20)22)7-6-11-4-2-3-5-12(11)8-16/h2-5H,6-9H2,1H3,(H,17,22). The number of nitrogens with zero attached hydrogens (tertiary/aromatic N) is 3. The summed E-state index contributed by atoms with van der Waals surface area (Å²) in [5.74, 6) is 0.459. The number of nitrogens with one attached hydrogen (secondary N) is 1. The SMILES string of the molecule is Cc1nnc(CN2C(=O)NC3(CCc4ccccc4C3)C2=O)o1.